The highest BCUT2D eigenvalue weighted by Gasteiger charge is 2.07. The quantitative estimate of drug-likeness (QED) is 0.742. The summed E-state index contributed by atoms with van der Waals surface area (Å²) < 4.78 is 1.93. The zero-order valence-electron chi connectivity index (χ0n) is 10.3. The van der Waals surface area contributed by atoms with Crippen molar-refractivity contribution >= 4 is 5.65 Å². The van der Waals surface area contributed by atoms with Gasteiger partial charge in [0.05, 0.1) is 0 Å². The Morgan fingerprint density at radius 3 is 2.79 bits per heavy atom. The Kier molecular flexibility index (Phi) is 2.89. The molecule has 0 aliphatic carbocycles. The molecule has 2 aromatic heterocycles. The minimum Gasteiger partial charge on any atom is -0.508 e. The lowest BCUT2D eigenvalue weighted by Gasteiger charge is -2.02. The van der Waals surface area contributed by atoms with E-state index in [2.05, 4.69) is 10.2 Å². The van der Waals surface area contributed by atoms with Crippen molar-refractivity contribution in [2.75, 3.05) is 0 Å². The van der Waals surface area contributed by atoms with Gasteiger partial charge >= 0.3 is 0 Å². The van der Waals surface area contributed by atoms with Gasteiger partial charge in [-0.2, -0.15) is 0 Å². The van der Waals surface area contributed by atoms with E-state index in [1.807, 2.05) is 34.9 Å². The lowest BCUT2D eigenvalue weighted by Crippen LogP contribution is -1.99. The van der Waals surface area contributed by atoms with E-state index in [9.17, 15) is 5.11 Å². The van der Waals surface area contributed by atoms with E-state index < -0.39 is 0 Å². The number of nitrogens with two attached hydrogens (primary N) is 1. The third kappa shape index (κ3) is 2.28. The SMILES string of the molecule is NCc1ccn2c(Cc3cccc(O)c3)nnc2c1. The van der Waals surface area contributed by atoms with Gasteiger partial charge < -0.3 is 10.8 Å². The van der Waals surface area contributed by atoms with Crippen molar-refractivity contribution in [3.8, 4) is 5.75 Å². The van der Waals surface area contributed by atoms with Crippen molar-refractivity contribution in [3.05, 3.63) is 59.5 Å². The molecule has 0 amide bonds. The van der Waals surface area contributed by atoms with Gasteiger partial charge in [0.1, 0.15) is 11.6 Å². The summed E-state index contributed by atoms with van der Waals surface area (Å²) >= 11 is 0. The molecule has 0 saturated heterocycles. The number of phenols is 1. The fourth-order valence-electron chi connectivity index (χ4n) is 2.08. The molecule has 2 heterocycles. The molecule has 0 aliphatic rings. The van der Waals surface area contributed by atoms with Crippen LogP contribution in [-0.2, 0) is 13.0 Å². The molecule has 0 saturated carbocycles. The van der Waals surface area contributed by atoms with Crippen LogP contribution in [0.3, 0.4) is 0 Å². The molecular formula is C14H14N4O. The lowest BCUT2D eigenvalue weighted by atomic mass is 10.1. The largest absolute Gasteiger partial charge is 0.508 e. The van der Waals surface area contributed by atoms with Crippen LogP contribution in [0.2, 0.25) is 0 Å². The third-order valence-electron chi connectivity index (χ3n) is 3.05. The van der Waals surface area contributed by atoms with Gasteiger partial charge in [-0.05, 0) is 35.4 Å². The van der Waals surface area contributed by atoms with Gasteiger partial charge in [0, 0.05) is 19.2 Å². The van der Waals surface area contributed by atoms with Crippen molar-refractivity contribution in [1.82, 2.24) is 14.6 Å². The molecule has 3 aromatic rings. The van der Waals surface area contributed by atoms with Gasteiger partial charge in [0.15, 0.2) is 5.65 Å². The molecule has 0 aliphatic heterocycles. The highest BCUT2D eigenvalue weighted by molar-refractivity contribution is 5.42. The average molecular weight is 254 g/mol. The first-order valence-electron chi connectivity index (χ1n) is 6.07. The zero-order chi connectivity index (χ0) is 13.2. The Morgan fingerprint density at radius 2 is 2.00 bits per heavy atom. The van der Waals surface area contributed by atoms with Gasteiger partial charge in [-0.3, -0.25) is 4.40 Å². The van der Waals surface area contributed by atoms with Crippen molar-refractivity contribution in [1.29, 1.82) is 0 Å². The van der Waals surface area contributed by atoms with Gasteiger partial charge in [-0.1, -0.05) is 12.1 Å². The minimum absolute atomic E-state index is 0.261. The van der Waals surface area contributed by atoms with Crippen LogP contribution in [0.5, 0.6) is 5.75 Å². The van der Waals surface area contributed by atoms with Crippen LogP contribution in [0.4, 0.5) is 0 Å². The van der Waals surface area contributed by atoms with Crippen LogP contribution in [0.1, 0.15) is 17.0 Å². The van der Waals surface area contributed by atoms with Gasteiger partial charge in [-0.15, -0.1) is 10.2 Å². The number of hydrogen-bond acceptors (Lipinski definition) is 4. The number of aromatic hydroxyl groups is 1. The van der Waals surface area contributed by atoms with Crippen molar-refractivity contribution in [3.63, 3.8) is 0 Å². The molecule has 3 rings (SSSR count). The van der Waals surface area contributed by atoms with Gasteiger partial charge in [-0.25, -0.2) is 0 Å². The summed E-state index contributed by atoms with van der Waals surface area (Å²) in [5.41, 5.74) is 8.42. The molecular weight excluding hydrogens is 240 g/mol. The van der Waals surface area contributed by atoms with Crippen LogP contribution in [-0.4, -0.2) is 19.7 Å². The van der Waals surface area contributed by atoms with E-state index in [1.165, 1.54) is 0 Å². The maximum Gasteiger partial charge on any atom is 0.161 e. The molecule has 3 N–H and O–H groups in total. The van der Waals surface area contributed by atoms with Crippen LogP contribution < -0.4 is 5.73 Å². The Balaban J connectivity index is 1.97. The van der Waals surface area contributed by atoms with Gasteiger partial charge in [0.2, 0.25) is 0 Å². The average Bonchev–Trinajstić information content (AvgIpc) is 2.81. The monoisotopic (exact) mass is 254 g/mol. The lowest BCUT2D eigenvalue weighted by molar-refractivity contribution is 0.474. The maximum atomic E-state index is 9.47. The summed E-state index contributed by atoms with van der Waals surface area (Å²) in [6.45, 7) is 0.491. The molecule has 0 unspecified atom stereocenters. The molecule has 0 bridgehead atoms. The first-order chi connectivity index (χ1) is 9.26. The first kappa shape index (κ1) is 11.7. The standard InChI is InChI=1S/C14H14N4O/c15-9-11-4-5-18-13(16-17-14(18)8-11)7-10-2-1-3-12(19)6-10/h1-6,8,19H,7,9,15H2. The highest BCUT2D eigenvalue weighted by Crippen LogP contribution is 2.15. The number of phenolic OH excluding ortho intramolecular Hbond substituents is 1. The molecule has 0 atom stereocenters. The second kappa shape index (κ2) is 4.70. The summed E-state index contributed by atoms with van der Waals surface area (Å²) in [4.78, 5) is 0. The normalized spacial score (nSPS) is 11.0. The number of nitrogens with zero attached hydrogens (tertiary/aromatic N) is 3. The topological polar surface area (TPSA) is 76.4 Å². The van der Waals surface area contributed by atoms with Crippen molar-refractivity contribution in [2.24, 2.45) is 5.73 Å². The molecule has 0 fully saturated rings. The van der Waals surface area contributed by atoms with Crippen molar-refractivity contribution in [2.45, 2.75) is 13.0 Å². The summed E-state index contributed by atoms with van der Waals surface area (Å²) in [6, 6.07) is 11.0. The second-order valence-corrected chi connectivity index (χ2v) is 4.43. The summed E-state index contributed by atoms with van der Waals surface area (Å²) in [7, 11) is 0. The summed E-state index contributed by atoms with van der Waals surface area (Å²) in [5.74, 6) is 1.10. The van der Waals surface area contributed by atoms with Crippen LogP contribution in [0.15, 0.2) is 42.6 Å². The molecule has 19 heavy (non-hydrogen) atoms. The number of fused-ring (bicyclic) bond motifs is 1. The van der Waals surface area contributed by atoms with E-state index in [0.717, 1.165) is 22.6 Å². The first-order valence-corrected chi connectivity index (χ1v) is 6.07. The Labute approximate surface area is 110 Å². The number of rotatable bonds is 3. The van der Waals surface area contributed by atoms with E-state index in [1.54, 1.807) is 12.1 Å². The minimum atomic E-state index is 0.261. The smallest absolute Gasteiger partial charge is 0.161 e. The molecule has 0 radical (unpaired) electrons. The maximum absolute atomic E-state index is 9.47. The second-order valence-electron chi connectivity index (χ2n) is 4.43. The van der Waals surface area contributed by atoms with E-state index in [-0.39, 0.29) is 5.75 Å². The number of benzene rings is 1. The third-order valence-corrected chi connectivity index (χ3v) is 3.05. The fraction of sp³-hybridized carbons (Fsp3) is 0.143. The zero-order valence-corrected chi connectivity index (χ0v) is 10.3. The fourth-order valence-corrected chi connectivity index (χ4v) is 2.08. The molecule has 5 nitrogen and oxygen atoms in total. The van der Waals surface area contributed by atoms with Crippen molar-refractivity contribution < 1.29 is 5.11 Å². The van der Waals surface area contributed by atoms with Crippen LogP contribution >= 0.6 is 0 Å². The van der Waals surface area contributed by atoms with Gasteiger partial charge in [0.25, 0.3) is 0 Å². The summed E-state index contributed by atoms with van der Waals surface area (Å²) in [6.07, 6.45) is 2.55. The molecule has 96 valence electrons. The number of pyridine rings is 1. The van der Waals surface area contributed by atoms with E-state index in [4.69, 9.17) is 5.73 Å². The predicted octanol–water partition coefficient (Wildman–Crippen LogP) is 1.48. The molecule has 0 spiro atoms. The van der Waals surface area contributed by atoms with Crippen LogP contribution in [0, 0.1) is 0 Å². The molecule has 5 heteroatoms. The number of hydrogen-bond donors (Lipinski definition) is 2. The van der Waals surface area contributed by atoms with Crippen LogP contribution in [0.25, 0.3) is 5.65 Å². The van der Waals surface area contributed by atoms with E-state index in [0.29, 0.717) is 13.0 Å². The Morgan fingerprint density at radius 1 is 1.11 bits per heavy atom. The molecule has 1 aromatic carbocycles. The summed E-state index contributed by atoms with van der Waals surface area (Å²) in [5, 5.41) is 17.8. The Hall–Kier alpha value is -2.40. The number of aromatic nitrogens is 3. The van der Waals surface area contributed by atoms with E-state index >= 15 is 0 Å². The predicted molar refractivity (Wildman–Crippen MR) is 71.8 cm³/mol. The highest BCUT2D eigenvalue weighted by atomic mass is 16.3. The Bertz CT molecular complexity index is 720.